The van der Waals surface area contributed by atoms with Gasteiger partial charge in [-0.25, -0.2) is 28.1 Å². The highest BCUT2D eigenvalue weighted by atomic mass is 19.1. The molecule has 6 aliphatic heterocycles. The summed E-state index contributed by atoms with van der Waals surface area (Å²) in [5.41, 5.74) is 9.88. The molecule has 0 spiro atoms. The molecule has 3 atom stereocenters. The summed E-state index contributed by atoms with van der Waals surface area (Å²) in [6.45, 7) is 24.8. The van der Waals surface area contributed by atoms with Crippen LogP contribution in [0.3, 0.4) is 0 Å². The number of hydrogen-bond acceptors (Lipinski definition) is 15. The molecule has 0 bridgehead atoms. The number of fused-ring (bicyclic) bond motifs is 3. The fraction of sp³-hybridized carbons (Fsp3) is 0.524. The van der Waals surface area contributed by atoms with Crippen LogP contribution in [0.5, 0.6) is 34.9 Å². The van der Waals surface area contributed by atoms with Gasteiger partial charge in [0.15, 0.2) is 0 Å². The molecule has 0 amide bonds. The molecule has 18 heteroatoms. The Kier molecular flexibility index (Phi) is 18.2. The predicted molar refractivity (Wildman–Crippen MR) is 302 cm³/mol. The lowest BCUT2D eigenvalue weighted by molar-refractivity contribution is 0.0772. The number of halogens is 3. The standard InChI is InChI=1S/3C21H26FN3O2/c3*1-13-10-18(11-14(2)23-13)27-17-4-7-25(8-5-17)15(3)20-19(22)12-16-6-9-26-21(16)24-20/h3*10-12,15,17H,4-9H2,1-3H3/t3*15-/m110/s1. The molecule has 0 unspecified atom stereocenters. The number of ether oxygens (including phenoxy) is 6. The number of rotatable bonds is 12. The van der Waals surface area contributed by atoms with Crippen LogP contribution in [0.4, 0.5) is 13.2 Å². The van der Waals surface area contributed by atoms with Crippen LogP contribution in [0.2, 0.25) is 0 Å². The van der Waals surface area contributed by atoms with E-state index in [1.54, 1.807) is 18.2 Å². The van der Waals surface area contributed by atoms with Crippen molar-refractivity contribution in [3.63, 3.8) is 0 Å². The molecule has 0 saturated carbocycles. The van der Waals surface area contributed by atoms with Gasteiger partial charge in [0.25, 0.3) is 0 Å². The first-order valence-electron chi connectivity index (χ1n) is 29.0. The van der Waals surface area contributed by atoms with Gasteiger partial charge in [-0.3, -0.25) is 29.7 Å². The lowest BCUT2D eigenvalue weighted by Crippen LogP contribution is -2.40. The number of likely N-dealkylation sites (tertiary alicyclic amines) is 3. The van der Waals surface area contributed by atoms with Gasteiger partial charge in [0.05, 0.1) is 55.0 Å². The molecule has 0 aromatic carbocycles. The summed E-state index contributed by atoms with van der Waals surface area (Å²) in [6, 6.07) is 16.4. The largest absolute Gasteiger partial charge is 0.490 e. The maximum Gasteiger partial charge on any atom is 0.217 e. The molecule has 3 fully saturated rings. The Morgan fingerprint density at radius 2 is 0.617 bits per heavy atom. The Bertz CT molecular complexity index is 2770. The van der Waals surface area contributed by atoms with Gasteiger partial charge in [0.2, 0.25) is 17.6 Å². The van der Waals surface area contributed by atoms with Gasteiger partial charge in [0.1, 0.15) is 53.0 Å². The van der Waals surface area contributed by atoms with Crippen LogP contribution in [0.15, 0.2) is 54.6 Å². The molecule has 15 nitrogen and oxygen atoms in total. The zero-order valence-electron chi connectivity index (χ0n) is 48.5. The highest BCUT2D eigenvalue weighted by molar-refractivity contribution is 5.36. The van der Waals surface area contributed by atoms with Crippen LogP contribution in [0.25, 0.3) is 0 Å². The van der Waals surface area contributed by atoms with Gasteiger partial charge in [-0.2, -0.15) is 0 Å². The quantitative estimate of drug-likeness (QED) is 0.115. The second-order valence-electron chi connectivity index (χ2n) is 22.6. The molecule has 6 aromatic rings. The number of aromatic nitrogens is 6. The molecule has 0 aliphatic carbocycles. The number of hydrogen-bond donors (Lipinski definition) is 0. The zero-order valence-corrected chi connectivity index (χ0v) is 48.5. The Balaban J connectivity index is 0.000000136. The molecule has 432 valence electrons. The van der Waals surface area contributed by atoms with Crippen LogP contribution in [0.1, 0.15) is 145 Å². The molecule has 0 radical (unpaired) electrons. The van der Waals surface area contributed by atoms with Crippen LogP contribution in [-0.2, 0) is 19.3 Å². The Labute approximate surface area is 475 Å². The fourth-order valence-electron chi connectivity index (χ4n) is 12.0. The van der Waals surface area contributed by atoms with Gasteiger partial charge in [-0.05, 0) is 119 Å². The van der Waals surface area contributed by atoms with Gasteiger partial charge in [-0.1, -0.05) is 0 Å². The summed E-state index contributed by atoms with van der Waals surface area (Å²) in [5.74, 6) is 3.76. The van der Waals surface area contributed by atoms with Crippen LogP contribution >= 0.6 is 0 Å². The van der Waals surface area contributed by atoms with E-state index in [0.717, 1.165) is 165 Å². The first kappa shape index (κ1) is 57.6. The van der Waals surface area contributed by atoms with Crippen molar-refractivity contribution in [1.29, 1.82) is 0 Å². The average Bonchev–Trinajstić information content (AvgIpc) is 4.25. The topological polar surface area (TPSA) is 142 Å². The molecular formula is C63H78F3N9O6. The second-order valence-corrected chi connectivity index (χ2v) is 22.6. The molecule has 12 heterocycles. The van der Waals surface area contributed by atoms with Crippen LogP contribution < -0.4 is 28.4 Å². The Morgan fingerprint density at radius 1 is 0.383 bits per heavy atom. The lowest BCUT2D eigenvalue weighted by atomic mass is 10.0. The van der Waals surface area contributed by atoms with E-state index >= 15 is 0 Å². The molecule has 3 saturated heterocycles. The second kappa shape index (κ2) is 25.7. The monoisotopic (exact) mass is 1110 g/mol. The van der Waals surface area contributed by atoms with E-state index in [1.165, 1.54) is 0 Å². The van der Waals surface area contributed by atoms with Crippen molar-refractivity contribution in [2.45, 2.75) is 157 Å². The Hall–Kier alpha value is -6.63. The third-order valence-corrected chi connectivity index (χ3v) is 16.3. The minimum absolute atomic E-state index is 0.0779. The van der Waals surface area contributed by atoms with Crippen molar-refractivity contribution < 1.29 is 41.6 Å². The van der Waals surface area contributed by atoms with Crippen molar-refractivity contribution in [1.82, 2.24) is 44.6 Å². The van der Waals surface area contributed by atoms with E-state index in [0.29, 0.717) is 54.5 Å². The minimum atomic E-state index is -0.229. The number of aryl methyl sites for hydroxylation is 6. The third-order valence-electron chi connectivity index (χ3n) is 16.3. The van der Waals surface area contributed by atoms with Crippen molar-refractivity contribution in [2.75, 3.05) is 59.1 Å². The van der Waals surface area contributed by atoms with Crippen molar-refractivity contribution in [3.05, 3.63) is 140 Å². The molecule has 12 rings (SSSR count). The molecule has 6 aliphatic rings. The van der Waals surface area contributed by atoms with E-state index < -0.39 is 0 Å². The minimum Gasteiger partial charge on any atom is -0.490 e. The molecule has 0 N–H and O–H groups in total. The molecule has 6 aromatic heterocycles. The van der Waals surface area contributed by atoms with Crippen molar-refractivity contribution in [3.8, 4) is 34.9 Å². The van der Waals surface area contributed by atoms with E-state index in [2.05, 4.69) is 44.6 Å². The third kappa shape index (κ3) is 14.4. The van der Waals surface area contributed by atoms with Crippen molar-refractivity contribution >= 4 is 0 Å². The summed E-state index contributed by atoms with van der Waals surface area (Å²) >= 11 is 0. The fourth-order valence-corrected chi connectivity index (χ4v) is 12.0. The Morgan fingerprint density at radius 3 is 0.852 bits per heavy atom. The summed E-state index contributed by atoms with van der Waals surface area (Å²) in [6.07, 6.45) is 8.22. The first-order chi connectivity index (χ1) is 39.0. The van der Waals surface area contributed by atoms with E-state index in [-0.39, 0.29) is 53.9 Å². The molecular weight excluding hydrogens is 1040 g/mol. The zero-order chi connectivity index (χ0) is 56.9. The van der Waals surface area contributed by atoms with E-state index in [9.17, 15) is 13.2 Å². The van der Waals surface area contributed by atoms with Crippen LogP contribution in [-0.4, -0.2) is 122 Å². The highest BCUT2D eigenvalue weighted by Crippen LogP contribution is 2.35. The van der Waals surface area contributed by atoms with Gasteiger partial charge in [0, 0.05) is 146 Å². The van der Waals surface area contributed by atoms with Gasteiger partial charge < -0.3 is 28.4 Å². The molecule has 81 heavy (non-hydrogen) atoms. The normalized spacial score (nSPS) is 18.8. The smallest absolute Gasteiger partial charge is 0.217 e. The van der Waals surface area contributed by atoms with E-state index in [4.69, 9.17) is 28.4 Å². The number of nitrogens with zero attached hydrogens (tertiary/aromatic N) is 9. The summed E-state index contributed by atoms with van der Waals surface area (Å²) in [4.78, 5) is 33.4. The lowest BCUT2D eigenvalue weighted by Gasteiger charge is -2.36. The van der Waals surface area contributed by atoms with Crippen LogP contribution in [0, 0.1) is 59.0 Å². The maximum absolute atomic E-state index is 14.5. The summed E-state index contributed by atoms with van der Waals surface area (Å²) in [7, 11) is 0. The van der Waals surface area contributed by atoms with Gasteiger partial charge >= 0.3 is 0 Å². The van der Waals surface area contributed by atoms with Crippen molar-refractivity contribution in [2.24, 2.45) is 0 Å². The summed E-state index contributed by atoms with van der Waals surface area (Å²) in [5, 5.41) is 0. The van der Waals surface area contributed by atoms with E-state index in [1.807, 2.05) is 98.7 Å². The average molecular weight is 1110 g/mol. The first-order valence-corrected chi connectivity index (χ1v) is 29.0. The number of pyridine rings is 6. The maximum atomic E-state index is 14.5. The summed E-state index contributed by atoms with van der Waals surface area (Å²) < 4.78 is 78.6. The number of piperidine rings is 3. The van der Waals surface area contributed by atoms with Gasteiger partial charge in [-0.15, -0.1) is 0 Å². The predicted octanol–water partition coefficient (Wildman–Crippen LogP) is 11.3. The highest BCUT2D eigenvalue weighted by Gasteiger charge is 2.32. The SMILES string of the molecule is Cc1cc(OC2CCN([C@@H](C)c3nc4c(cc3F)CCO4)CC2)cc(C)n1.Cc1cc(OC2CCN([C@H](C)c3nc4c(cc3F)CCO4)CC2)cc(C)n1.Cc1cc(OC2CCN([C@H](C)c3nc4c(cc3F)CCO4)CC2)cc(C)n1.